The van der Waals surface area contributed by atoms with Crippen LogP contribution in [-0.4, -0.2) is 13.1 Å². The second kappa shape index (κ2) is 9.83. The van der Waals surface area contributed by atoms with E-state index in [4.69, 9.17) is 0 Å². The van der Waals surface area contributed by atoms with Crippen LogP contribution < -0.4 is 5.32 Å². The van der Waals surface area contributed by atoms with Crippen molar-refractivity contribution in [3.05, 3.63) is 0 Å². The van der Waals surface area contributed by atoms with Crippen LogP contribution in [0.1, 0.15) is 84.5 Å². The van der Waals surface area contributed by atoms with E-state index in [0.717, 1.165) is 17.9 Å². The fourth-order valence-electron chi connectivity index (χ4n) is 3.45. The molecule has 1 nitrogen and oxygen atoms in total. The van der Waals surface area contributed by atoms with Crippen LogP contribution in [0.25, 0.3) is 0 Å². The second-order valence-electron chi connectivity index (χ2n) is 6.47. The molecule has 1 unspecified atom stereocenters. The molecule has 0 spiro atoms. The van der Waals surface area contributed by atoms with Gasteiger partial charge in [0.15, 0.2) is 0 Å². The van der Waals surface area contributed by atoms with Crippen molar-refractivity contribution in [3.8, 4) is 0 Å². The van der Waals surface area contributed by atoms with Gasteiger partial charge in [-0.1, -0.05) is 65.2 Å². The first-order chi connectivity index (χ1) is 8.77. The molecule has 0 aliphatic heterocycles. The van der Waals surface area contributed by atoms with Gasteiger partial charge in [-0.3, -0.25) is 0 Å². The smallest absolute Gasteiger partial charge is 0.00923 e. The summed E-state index contributed by atoms with van der Waals surface area (Å²) in [6, 6.07) is 0.795. The Morgan fingerprint density at radius 3 is 2.17 bits per heavy atom. The van der Waals surface area contributed by atoms with E-state index >= 15 is 0 Å². The maximum Gasteiger partial charge on any atom is 0.00923 e. The summed E-state index contributed by atoms with van der Waals surface area (Å²) >= 11 is 0. The van der Waals surface area contributed by atoms with E-state index in [1.54, 1.807) is 0 Å². The van der Waals surface area contributed by atoms with Gasteiger partial charge < -0.3 is 5.32 Å². The summed E-state index contributed by atoms with van der Waals surface area (Å²) in [6.07, 6.45) is 15.8. The molecule has 0 radical (unpaired) electrons. The maximum absolute atomic E-state index is 3.59. The van der Waals surface area contributed by atoms with Gasteiger partial charge in [0.25, 0.3) is 0 Å². The van der Waals surface area contributed by atoms with E-state index in [1.165, 1.54) is 70.6 Å². The van der Waals surface area contributed by atoms with E-state index in [2.05, 4.69) is 26.2 Å². The minimum Gasteiger partial charge on any atom is -0.317 e. The van der Waals surface area contributed by atoms with Gasteiger partial charge in [-0.2, -0.15) is 0 Å². The Bertz CT molecular complexity index is 182. The molecule has 1 saturated carbocycles. The van der Waals surface area contributed by atoms with Gasteiger partial charge in [0.1, 0.15) is 0 Å². The van der Waals surface area contributed by atoms with Crippen molar-refractivity contribution in [2.24, 2.45) is 11.8 Å². The summed E-state index contributed by atoms with van der Waals surface area (Å²) in [5.41, 5.74) is 0. The monoisotopic (exact) mass is 253 g/mol. The van der Waals surface area contributed by atoms with Crippen molar-refractivity contribution in [2.75, 3.05) is 7.05 Å². The number of rotatable bonds is 9. The average Bonchev–Trinajstić information content (AvgIpc) is 2.39. The quantitative estimate of drug-likeness (QED) is 0.560. The van der Waals surface area contributed by atoms with Crippen LogP contribution in [0, 0.1) is 11.8 Å². The van der Waals surface area contributed by atoms with Crippen molar-refractivity contribution in [1.29, 1.82) is 0 Å². The van der Waals surface area contributed by atoms with Gasteiger partial charge in [-0.15, -0.1) is 0 Å². The lowest BCUT2D eigenvalue weighted by Gasteiger charge is -2.32. The first-order valence-electron chi connectivity index (χ1n) is 8.45. The first-order valence-corrected chi connectivity index (χ1v) is 8.45. The van der Waals surface area contributed by atoms with E-state index in [0.29, 0.717) is 0 Å². The molecule has 0 amide bonds. The van der Waals surface area contributed by atoms with Crippen molar-refractivity contribution in [2.45, 2.75) is 90.5 Å². The van der Waals surface area contributed by atoms with Crippen LogP contribution in [0.4, 0.5) is 0 Å². The number of hydrogen-bond acceptors (Lipinski definition) is 1. The van der Waals surface area contributed by atoms with E-state index in [1.807, 2.05) is 0 Å². The van der Waals surface area contributed by atoms with Gasteiger partial charge in [-0.05, 0) is 38.1 Å². The highest BCUT2D eigenvalue weighted by molar-refractivity contribution is 4.80. The minimum absolute atomic E-state index is 0.795. The highest BCUT2D eigenvalue weighted by Gasteiger charge is 2.24. The predicted molar refractivity (Wildman–Crippen MR) is 82.0 cm³/mol. The zero-order chi connectivity index (χ0) is 13.2. The van der Waals surface area contributed by atoms with Crippen molar-refractivity contribution >= 4 is 0 Å². The minimum atomic E-state index is 0.795. The molecule has 1 heteroatoms. The zero-order valence-electron chi connectivity index (χ0n) is 13.0. The fourth-order valence-corrected chi connectivity index (χ4v) is 3.45. The summed E-state index contributed by atoms with van der Waals surface area (Å²) in [5.74, 6) is 1.94. The molecule has 0 aromatic carbocycles. The highest BCUT2D eigenvalue weighted by atomic mass is 14.9. The normalized spacial score (nSPS) is 26.2. The molecular formula is C17H35N. The Hall–Kier alpha value is -0.0400. The van der Waals surface area contributed by atoms with Crippen LogP contribution in [0.3, 0.4) is 0 Å². The van der Waals surface area contributed by atoms with Gasteiger partial charge >= 0.3 is 0 Å². The number of unbranched alkanes of at least 4 members (excludes halogenated alkanes) is 5. The molecule has 0 aromatic heterocycles. The summed E-state index contributed by atoms with van der Waals surface area (Å²) < 4.78 is 0. The van der Waals surface area contributed by atoms with Crippen LogP contribution >= 0.6 is 0 Å². The van der Waals surface area contributed by atoms with Crippen LogP contribution in [0.5, 0.6) is 0 Å². The molecule has 0 saturated heterocycles. The van der Waals surface area contributed by atoms with Crippen LogP contribution in [-0.2, 0) is 0 Å². The molecule has 0 bridgehead atoms. The van der Waals surface area contributed by atoms with E-state index in [-0.39, 0.29) is 0 Å². The largest absolute Gasteiger partial charge is 0.317 e. The Balaban J connectivity index is 2.09. The lowest BCUT2D eigenvalue weighted by atomic mass is 9.78. The zero-order valence-corrected chi connectivity index (χ0v) is 13.0. The third kappa shape index (κ3) is 6.22. The molecule has 1 atom stereocenters. The highest BCUT2D eigenvalue weighted by Crippen LogP contribution is 2.31. The van der Waals surface area contributed by atoms with Gasteiger partial charge in [0.2, 0.25) is 0 Å². The Kier molecular flexibility index (Phi) is 8.75. The third-order valence-corrected chi connectivity index (χ3v) is 4.87. The van der Waals surface area contributed by atoms with E-state index < -0.39 is 0 Å². The molecule has 1 rings (SSSR count). The topological polar surface area (TPSA) is 12.0 Å². The first kappa shape index (κ1) is 16.0. The maximum atomic E-state index is 3.59. The summed E-state index contributed by atoms with van der Waals surface area (Å²) in [4.78, 5) is 0. The molecule has 1 aliphatic rings. The lowest BCUT2D eigenvalue weighted by Crippen LogP contribution is -2.35. The molecule has 0 aromatic rings. The number of hydrogen-bond donors (Lipinski definition) is 1. The van der Waals surface area contributed by atoms with E-state index in [9.17, 15) is 0 Å². The average molecular weight is 253 g/mol. The second-order valence-corrected chi connectivity index (χ2v) is 6.47. The third-order valence-electron chi connectivity index (χ3n) is 4.87. The molecule has 1 N–H and O–H groups in total. The molecular weight excluding hydrogens is 218 g/mol. The van der Waals surface area contributed by atoms with Crippen molar-refractivity contribution in [1.82, 2.24) is 5.32 Å². The number of nitrogens with one attached hydrogen (secondary N) is 1. The summed E-state index contributed by atoms with van der Waals surface area (Å²) in [7, 11) is 2.17. The summed E-state index contributed by atoms with van der Waals surface area (Å²) in [6.45, 7) is 4.71. The Morgan fingerprint density at radius 1 is 0.944 bits per heavy atom. The molecule has 1 fully saturated rings. The molecule has 0 heterocycles. The SMILES string of the molecule is CCCCCCCCC(NC)C1CCC(C)CC1. The molecule has 18 heavy (non-hydrogen) atoms. The van der Waals surface area contributed by atoms with Gasteiger partial charge in [0, 0.05) is 6.04 Å². The Morgan fingerprint density at radius 2 is 1.56 bits per heavy atom. The lowest BCUT2D eigenvalue weighted by molar-refractivity contribution is 0.226. The van der Waals surface area contributed by atoms with Gasteiger partial charge in [-0.25, -0.2) is 0 Å². The standard InChI is InChI=1S/C17H35N/c1-4-5-6-7-8-9-10-17(18-3)16-13-11-15(2)12-14-16/h15-18H,4-14H2,1-3H3. The van der Waals surface area contributed by atoms with Crippen LogP contribution in [0.2, 0.25) is 0 Å². The van der Waals surface area contributed by atoms with Crippen molar-refractivity contribution < 1.29 is 0 Å². The van der Waals surface area contributed by atoms with Crippen molar-refractivity contribution in [3.63, 3.8) is 0 Å². The molecule has 1 aliphatic carbocycles. The Labute approximate surface area is 115 Å². The fraction of sp³-hybridized carbons (Fsp3) is 1.00. The van der Waals surface area contributed by atoms with Crippen LogP contribution in [0.15, 0.2) is 0 Å². The summed E-state index contributed by atoms with van der Waals surface area (Å²) in [5, 5.41) is 3.59. The predicted octanol–water partition coefficient (Wildman–Crippen LogP) is 5.15. The van der Waals surface area contributed by atoms with Gasteiger partial charge in [0.05, 0.1) is 0 Å². The molecule has 108 valence electrons.